The van der Waals surface area contributed by atoms with Gasteiger partial charge >= 0.3 is 5.97 Å². The number of aryl methyl sites for hydroxylation is 1. The van der Waals surface area contributed by atoms with E-state index in [0.717, 1.165) is 30.0 Å². The van der Waals surface area contributed by atoms with Crippen LogP contribution in [0.3, 0.4) is 0 Å². The van der Waals surface area contributed by atoms with E-state index in [0.29, 0.717) is 12.2 Å². The van der Waals surface area contributed by atoms with Crippen LogP contribution in [0, 0.1) is 0 Å². The highest BCUT2D eigenvalue weighted by molar-refractivity contribution is 7.49. The van der Waals surface area contributed by atoms with Gasteiger partial charge in [0.2, 0.25) is 0 Å². The molecule has 0 aliphatic carbocycles. The van der Waals surface area contributed by atoms with Crippen molar-refractivity contribution in [1.82, 2.24) is 0 Å². The lowest BCUT2D eigenvalue weighted by molar-refractivity contribution is -0.874. The van der Waals surface area contributed by atoms with E-state index in [1.165, 1.54) is 5.30 Å². The number of hydrogen-bond acceptors (Lipinski definition) is 3. The van der Waals surface area contributed by atoms with Crippen LogP contribution in [0.2, 0.25) is 0 Å². The van der Waals surface area contributed by atoms with Crippen molar-refractivity contribution in [3.8, 4) is 0 Å². The van der Waals surface area contributed by atoms with Crippen LogP contribution in [0.15, 0.2) is 30.1 Å². The van der Waals surface area contributed by atoms with Crippen molar-refractivity contribution in [2.75, 3.05) is 34.3 Å². The number of carbonyl (C=O) groups is 1. The Morgan fingerprint density at radius 3 is 2.68 bits per heavy atom. The van der Waals surface area contributed by atoms with Gasteiger partial charge in [0.25, 0.3) is 0 Å². The second kappa shape index (κ2) is 8.52. The predicted molar refractivity (Wildman–Crippen MR) is 92.0 cm³/mol. The number of carbonyl (C=O) groups excluding carboxylic acids is 1. The highest BCUT2D eigenvalue weighted by Gasteiger charge is 2.19. The fraction of sp³-hybridized carbons (Fsp3) is 0.588. The average molecular weight is 326 g/mol. The molecule has 0 saturated heterocycles. The van der Waals surface area contributed by atoms with Gasteiger partial charge in [0.15, 0.2) is 0 Å². The third-order valence-corrected chi connectivity index (χ3v) is 5.74. The lowest BCUT2D eigenvalue weighted by atomic mass is 10.2. The number of nitrogens with zero attached hydrogens (tertiary/aromatic N) is 1. The number of likely N-dealkylation sites (N-methyl/N-ethyl adjacent to an activating group) is 1. The van der Waals surface area contributed by atoms with Gasteiger partial charge in [-0.15, -0.1) is 7.53 Å². The molecule has 0 amide bonds. The van der Waals surface area contributed by atoms with Crippen LogP contribution in [0.5, 0.6) is 0 Å². The van der Waals surface area contributed by atoms with E-state index < -0.39 is 0 Å². The van der Waals surface area contributed by atoms with Crippen LogP contribution < -0.4 is 0 Å². The van der Waals surface area contributed by atoms with Crippen LogP contribution in [0.25, 0.3) is 0 Å². The van der Waals surface area contributed by atoms with Gasteiger partial charge in [0.05, 0.1) is 27.7 Å². The number of aliphatic hydroxyl groups excluding tert-OH is 1. The standard InChI is InChI=1S/C17H29NO3P/c1-14(2)17(20)21-10-6-7-11-22-12-8-9-16(22)15(19)13-18(3,4)5/h8-9,12,15,19H,1,6-7,10-11,13H2,2-5H3/q+1. The molecule has 0 bridgehead atoms. The molecule has 1 N–H and O–H groups in total. The summed E-state index contributed by atoms with van der Waals surface area (Å²) < 4.78 is 5.84. The molecular weight excluding hydrogens is 297 g/mol. The van der Waals surface area contributed by atoms with Crippen molar-refractivity contribution in [3.63, 3.8) is 0 Å². The first-order valence-corrected chi connectivity index (χ1v) is 9.26. The summed E-state index contributed by atoms with van der Waals surface area (Å²) in [5, 5.41) is 11.6. The molecule has 1 aromatic rings. The van der Waals surface area contributed by atoms with Gasteiger partial charge in [-0.25, -0.2) is 4.79 Å². The Labute approximate surface area is 135 Å². The van der Waals surface area contributed by atoms with Crippen molar-refractivity contribution in [1.29, 1.82) is 0 Å². The zero-order valence-corrected chi connectivity index (χ0v) is 15.1. The molecule has 1 heterocycles. The van der Waals surface area contributed by atoms with Crippen LogP contribution in [0.1, 0.15) is 31.2 Å². The summed E-state index contributed by atoms with van der Waals surface area (Å²) in [5.41, 5.74) is 0.441. The molecule has 1 aromatic heterocycles. The molecule has 0 radical (unpaired) electrons. The first kappa shape index (κ1) is 19.0. The second-order valence-electron chi connectivity index (χ2n) is 6.74. The molecule has 0 aliphatic rings. The maximum absolute atomic E-state index is 11.3. The van der Waals surface area contributed by atoms with Gasteiger partial charge in [0, 0.05) is 10.9 Å². The highest BCUT2D eigenvalue weighted by Crippen LogP contribution is 2.40. The molecule has 0 spiro atoms. The quantitative estimate of drug-likeness (QED) is 0.328. The van der Waals surface area contributed by atoms with Crippen molar-refractivity contribution in [2.24, 2.45) is 0 Å². The van der Waals surface area contributed by atoms with E-state index in [2.05, 4.69) is 45.7 Å². The SMILES string of the molecule is C=C(C)C(=O)OCCCCp1cccc1C(O)C[N+](C)(C)C. The minimum absolute atomic E-state index is 0.314. The van der Waals surface area contributed by atoms with Gasteiger partial charge in [-0.05, 0) is 31.7 Å². The Hall–Kier alpha value is -1.09. The summed E-state index contributed by atoms with van der Waals surface area (Å²) in [7, 11) is 5.88. The fourth-order valence-corrected chi connectivity index (χ4v) is 4.40. The van der Waals surface area contributed by atoms with Gasteiger partial charge in [-0.3, -0.25) is 0 Å². The first-order valence-electron chi connectivity index (χ1n) is 7.67. The second-order valence-corrected chi connectivity index (χ2v) is 8.94. The normalized spacial score (nSPS) is 13.8. The van der Waals surface area contributed by atoms with Crippen LogP contribution in [0.4, 0.5) is 0 Å². The van der Waals surface area contributed by atoms with E-state index in [1.54, 1.807) is 6.92 Å². The Morgan fingerprint density at radius 2 is 2.09 bits per heavy atom. The number of quaternary nitrogens is 1. The third kappa shape index (κ3) is 6.78. The number of rotatable bonds is 9. The van der Waals surface area contributed by atoms with Gasteiger partial charge < -0.3 is 14.3 Å². The highest BCUT2D eigenvalue weighted by atomic mass is 31.1. The molecule has 4 nitrogen and oxygen atoms in total. The summed E-state index contributed by atoms with van der Waals surface area (Å²) in [6, 6.07) is 4.12. The van der Waals surface area contributed by atoms with Gasteiger partial charge in [-0.1, -0.05) is 18.7 Å². The van der Waals surface area contributed by atoms with Crippen LogP contribution in [-0.2, 0) is 15.7 Å². The summed E-state index contributed by atoms with van der Waals surface area (Å²) in [6.45, 7) is 6.38. The minimum Gasteiger partial charge on any atom is -0.462 e. The largest absolute Gasteiger partial charge is 0.462 e. The molecule has 5 heteroatoms. The summed E-state index contributed by atoms with van der Waals surface area (Å²) in [5.74, 6) is 1.90. The van der Waals surface area contributed by atoms with E-state index in [4.69, 9.17) is 4.74 Å². The molecule has 2 unspecified atom stereocenters. The molecule has 0 fully saturated rings. The van der Waals surface area contributed by atoms with Crippen LogP contribution >= 0.6 is 7.53 Å². The lowest BCUT2D eigenvalue weighted by Gasteiger charge is -2.27. The third-order valence-electron chi connectivity index (χ3n) is 3.30. The number of ether oxygens (including phenoxy) is 1. The molecular formula is C17H29NO3P+. The van der Waals surface area contributed by atoms with Crippen molar-refractivity contribution in [3.05, 3.63) is 35.4 Å². The Kier molecular flexibility index (Phi) is 7.34. The molecule has 0 saturated carbocycles. The average Bonchev–Trinajstić information content (AvgIpc) is 2.84. The van der Waals surface area contributed by atoms with E-state index in [1.807, 2.05) is 0 Å². The van der Waals surface area contributed by atoms with Gasteiger partial charge in [-0.2, -0.15) is 0 Å². The van der Waals surface area contributed by atoms with Crippen molar-refractivity contribution in [2.45, 2.75) is 32.0 Å². The summed E-state index contributed by atoms with van der Waals surface area (Å²) in [6.07, 6.45) is 2.51. The Balaban J connectivity index is 2.40. The number of aliphatic hydroxyl groups is 1. The van der Waals surface area contributed by atoms with E-state index >= 15 is 0 Å². The molecule has 0 aliphatic heterocycles. The predicted octanol–water partition coefficient (Wildman–Crippen LogP) is 3.31. The molecule has 1 rings (SSSR count). The summed E-state index contributed by atoms with van der Waals surface area (Å²) >= 11 is 0. The van der Waals surface area contributed by atoms with Crippen LogP contribution in [-0.4, -0.2) is 49.9 Å². The fourth-order valence-electron chi connectivity index (χ4n) is 2.22. The first-order chi connectivity index (χ1) is 10.2. The number of unbranched alkanes of at least 4 members (excludes halogenated alkanes) is 1. The van der Waals surface area contributed by atoms with E-state index in [9.17, 15) is 9.90 Å². The van der Waals surface area contributed by atoms with Crippen molar-refractivity contribution < 1.29 is 19.1 Å². The maximum Gasteiger partial charge on any atom is 0.333 e. The Bertz CT molecular complexity index is 502. The smallest absolute Gasteiger partial charge is 0.333 e. The zero-order valence-electron chi connectivity index (χ0n) is 14.2. The number of hydrogen-bond donors (Lipinski definition) is 1. The number of esters is 1. The molecule has 2 atom stereocenters. The summed E-state index contributed by atoms with van der Waals surface area (Å²) in [4.78, 5) is 11.3. The minimum atomic E-state index is -0.383. The van der Waals surface area contributed by atoms with Gasteiger partial charge in [0.1, 0.15) is 12.6 Å². The lowest BCUT2D eigenvalue weighted by Crippen LogP contribution is -2.38. The van der Waals surface area contributed by atoms with E-state index in [-0.39, 0.29) is 19.6 Å². The Morgan fingerprint density at radius 1 is 1.41 bits per heavy atom. The molecule has 0 aromatic carbocycles. The molecule has 22 heavy (non-hydrogen) atoms. The zero-order chi connectivity index (χ0) is 16.8. The maximum atomic E-state index is 11.3. The van der Waals surface area contributed by atoms with Crippen molar-refractivity contribution >= 4 is 13.5 Å². The molecule has 124 valence electrons. The topological polar surface area (TPSA) is 46.5 Å². The monoisotopic (exact) mass is 326 g/mol.